The molecule has 0 aliphatic heterocycles. The summed E-state index contributed by atoms with van der Waals surface area (Å²) in [4.78, 5) is 2.85. The number of nitrogens with zero attached hydrogens (tertiary/aromatic N) is 1. The molecule has 1 rings (SSSR count). The van der Waals surface area contributed by atoms with E-state index in [1.807, 2.05) is 12.3 Å². The fourth-order valence-corrected chi connectivity index (χ4v) is 1.29. The van der Waals surface area contributed by atoms with E-state index < -0.39 is 0 Å². The van der Waals surface area contributed by atoms with Gasteiger partial charge >= 0.3 is 0 Å². The zero-order valence-corrected chi connectivity index (χ0v) is 6.88. The van der Waals surface area contributed by atoms with Crippen molar-refractivity contribution in [2.45, 2.75) is 5.03 Å². The van der Waals surface area contributed by atoms with Crippen molar-refractivity contribution in [1.82, 2.24) is 4.98 Å². The predicted molar refractivity (Wildman–Crippen MR) is 42.3 cm³/mol. The highest BCUT2D eigenvalue weighted by molar-refractivity contribution is 7.98. The Morgan fingerprint density at radius 1 is 1.80 bits per heavy atom. The molecule has 0 spiro atoms. The number of nitriles is 1. The van der Waals surface area contributed by atoms with E-state index in [9.17, 15) is 0 Å². The summed E-state index contributed by atoms with van der Waals surface area (Å²) in [5.41, 5.74) is 0.506. The highest BCUT2D eigenvalue weighted by atomic mass is 35.5. The number of H-pyrrole nitrogens is 1. The third-order valence-corrected chi connectivity index (χ3v) is 2.04. The zero-order valence-electron chi connectivity index (χ0n) is 5.31. The number of thioether (sulfide) groups is 1. The van der Waals surface area contributed by atoms with Crippen LogP contribution in [0.2, 0.25) is 5.15 Å². The first kappa shape index (κ1) is 7.52. The van der Waals surface area contributed by atoms with E-state index in [1.54, 1.807) is 6.07 Å². The average Bonchev–Trinajstić information content (AvgIpc) is 2.30. The first-order valence-corrected chi connectivity index (χ1v) is 4.21. The Morgan fingerprint density at radius 2 is 2.50 bits per heavy atom. The maximum absolute atomic E-state index is 8.46. The van der Waals surface area contributed by atoms with Crippen molar-refractivity contribution < 1.29 is 0 Å². The molecule has 0 atom stereocenters. The van der Waals surface area contributed by atoms with Crippen LogP contribution in [0, 0.1) is 11.3 Å². The molecule has 1 aromatic rings. The Kier molecular flexibility index (Phi) is 2.25. The lowest BCUT2D eigenvalue weighted by atomic mass is 10.4. The van der Waals surface area contributed by atoms with Crippen LogP contribution in [0.4, 0.5) is 0 Å². The number of aromatic nitrogens is 1. The lowest BCUT2D eigenvalue weighted by Crippen LogP contribution is -1.65. The molecule has 0 saturated heterocycles. The predicted octanol–water partition coefficient (Wildman–Crippen LogP) is 2.26. The van der Waals surface area contributed by atoms with Crippen LogP contribution in [0.1, 0.15) is 5.56 Å². The molecule has 4 heteroatoms. The molecule has 1 heterocycles. The van der Waals surface area contributed by atoms with Crippen molar-refractivity contribution in [1.29, 1.82) is 5.26 Å². The quantitative estimate of drug-likeness (QED) is 0.661. The van der Waals surface area contributed by atoms with Crippen molar-refractivity contribution in [3.05, 3.63) is 16.8 Å². The third-order valence-electron chi connectivity index (χ3n) is 1.09. The maximum atomic E-state index is 8.46. The Labute approximate surface area is 68.2 Å². The van der Waals surface area contributed by atoms with E-state index in [2.05, 4.69) is 4.98 Å². The van der Waals surface area contributed by atoms with Gasteiger partial charge in [-0.1, -0.05) is 11.6 Å². The Morgan fingerprint density at radius 3 is 2.80 bits per heavy atom. The van der Waals surface area contributed by atoms with E-state index in [0.717, 1.165) is 5.03 Å². The molecule has 52 valence electrons. The minimum atomic E-state index is 0.423. The molecule has 1 N–H and O–H groups in total. The van der Waals surface area contributed by atoms with Crippen LogP contribution >= 0.6 is 23.4 Å². The first-order chi connectivity index (χ1) is 4.77. The fourth-order valence-electron chi connectivity index (χ4n) is 0.597. The van der Waals surface area contributed by atoms with Gasteiger partial charge in [-0.2, -0.15) is 5.26 Å². The fraction of sp³-hybridized carbons (Fsp3) is 0.167. The Hall–Kier alpha value is -0.590. The summed E-state index contributed by atoms with van der Waals surface area (Å²) in [5, 5.41) is 9.80. The maximum Gasteiger partial charge on any atom is 0.125 e. The molecule has 0 unspecified atom stereocenters. The van der Waals surface area contributed by atoms with Gasteiger partial charge in [0.2, 0.25) is 0 Å². The van der Waals surface area contributed by atoms with Crippen molar-refractivity contribution in [3.8, 4) is 6.07 Å². The van der Waals surface area contributed by atoms with Crippen LogP contribution < -0.4 is 0 Å². The molecule has 0 aliphatic rings. The SMILES string of the molecule is CSc1cc(C#N)c(Cl)[nH]1. The summed E-state index contributed by atoms with van der Waals surface area (Å²) >= 11 is 7.16. The molecule has 0 saturated carbocycles. The van der Waals surface area contributed by atoms with Crippen molar-refractivity contribution in [2.75, 3.05) is 6.26 Å². The van der Waals surface area contributed by atoms with E-state index in [-0.39, 0.29) is 0 Å². The number of halogens is 1. The Balaban J connectivity index is 3.07. The molecule has 1 aromatic heterocycles. The summed E-state index contributed by atoms with van der Waals surface area (Å²) < 4.78 is 0. The molecule has 10 heavy (non-hydrogen) atoms. The topological polar surface area (TPSA) is 39.6 Å². The van der Waals surface area contributed by atoms with Gasteiger partial charge < -0.3 is 4.98 Å². The van der Waals surface area contributed by atoms with Gasteiger partial charge in [-0.25, -0.2) is 0 Å². The van der Waals surface area contributed by atoms with E-state index in [1.165, 1.54) is 11.8 Å². The third kappa shape index (κ3) is 1.28. The second kappa shape index (κ2) is 3.00. The van der Waals surface area contributed by atoms with Crippen molar-refractivity contribution >= 4 is 23.4 Å². The number of rotatable bonds is 1. The van der Waals surface area contributed by atoms with Crippen LogP contribution in [0.15, 0.2) is 11.1 Å². The summed E-state index contributed by atoms with van der Waals surface area (Å²) in [6.07, 6.45) is 1.92. The molecule has 0 bridgehead atoms. The minimum absolute atomic E-state index is 0.423. The van der Waals surface area contributed by atoms with Gasteiger partial charge in [-0.3, -0.25) is 0 Å². The van der Waals surface area contributed by atoms with Gasteiger partial charge in [0.1, 0.15) is 11.2 Å². The summed E-state index contributed by atoms with van der Waals surface area (Å²) in [6, 6.07) is 3.70. The standard InChI is InChI=1S/C6H5ClN2S/c1-10-5-2-4(3-8)6(7)9-5/h2,9H,1H3. The van der Waals surface area contributed by atoms with Crippen LogP contribution in [-0.2, 0) is 0 Å². The van der Waals surface area contributed by atoms with Gasteiger partial charge in [0.15, 0.2) is 0 Å². The smallest absolute Gasteiger partial charge is 0.125 e. The second-order valence-electron chi connectivity index (χ2n) is 1.68. The molecular formula is C6H5ClN2S. The number of hydrogen-bond donors (Lipinski definition) is 1. The second-order valence-corrected chi connectivity index (χ2v) is 2.90. The van der Waals surface area contributed by atoms with E-state index >= 15 is 0 Å². The molecule has 0 aromatic carbocycles. The summed E-state index contributed by atoms with van der Waals surface area (Å²) in [6.45, 7) is 0. The number of nitrogens with one attached hydrogen (secondary N) is 1. The number of aromatic amines is 1. The van der Waals surface area contributed by atoms with Crippen LogP contribution in [0.5, 0.6) is 0 Å². The minimum Gasteiger partial charge on any atom is -0.340 e. The van der Waals surface area contributed by atoms with Gasteiger partial charge in [-0.15, -0.1) is 11.8 Å². The van der Waals surface area contributed by atoms with Gasteiger partial charge in [-0.05, 0) is 12.3 Å². The Bertz CT molecular complexity index is 274. The molecule has 0 fully saturated rings. The summed E-state index contributed by atoms with van der Waals surface area (Å²) in [7, 11) is 0. The molecule has 2 nitrogen and oxygen atoms in total. The number of hydrogen-bond acceptors (Lipinski definition) is 2. The van der Waals surface area contributed by atoms with E-state index in [4.69, 9.17) is 16.9 Å². The van der Waals surface area contributed by atoms with Gasteiger partial charge in [0.25, 0.3) is 0 Å². The molecular weight excluding hydrogens is 168 g/mol. The largest absolute Gasteiger partial charge is 0.340 e. The molecule has 0 radical (unpaired) electrons. The van der Waals surface area contributed by atoms with Crippen LogP contribution in [0.3, 0.4) is 0 Å². The average molecular weight is 173 g/mol. The molecule has 0 amide bonds. The van der Waals surface area contributed by atoms with Gasteiger partial charge in [0.05, 0.1) is 10.6 Å². The first-order valence-electron chi connectivity index (χ1n) is 2.60. The zero-order chi connectivity index (χ0) is 7.56. The lowest BCUT2D eigenvalue weighted by molar-refractivity contribution is 1.21. The highest BCUT2D eigenvalue weighted by Crippen LogP contribution is 2.21. The molecule has 0 aliphatic carbocycles. The summed E-state index contributed by atoms with van der Waals surface area (Å²) in [5.74, 6) is 0. The van der Waals surface area contributed by atoms with Crippen molar-refractivity contribution in [3.63, 3.8) is 0 Å². The lowest BCUT2D eigenvalue weighted by Gasteiger charge is -1.82. The monoisotopic (exact) mass is 172 g/mol. The van der Waals surface area contributed by atoms with Crippen LogP contribution in [-0.4, -0.2) is 11.2 Å². The van der Waals surface area contributed by atoms with Gasteiger partial charge in [0, 0.05) is 0 Å². The van der Waals surface area contributed by atoms with Crippen molar-refractivity contribution in [2.24, 2.45) is 0 Å². The normalized spacial score (nSPS) is 9.30. The van der Waals surface area contributed by atoms with E-state index in [0.29, 0.717) is 10.7 Å². The highest BCUT2D eigenvalue weighted by Gasteiger charge is 2.02. The van der Waals surface area contributed by atoms with Crippen LogP contribution in [0.25, 0.3) is 0 Å².